The largest absolute Gasteiger partial charge is 0.382 e. The van der Waals surface area contributed by atoms with Crippen molar-refractivity contribution >= 4 is 5.78 Å². The maximum Gasteiger partial charge on any atom is 0.168 e. The van der Waals surface area contributed by atoms with Gasteiger partial charge < -0.3 is 5.11 Å². The van der Waals surface area contributed by atoms with Crippen LogP contribution in [0.5, 0.6) is 0 Å². The molecule has 94 valence electrons. The van der Waals surface area contributed by atoms with E-state index in [1.807, 2.05) is 39.8 Å². The number of aliphatic hydroxyl groups is 1. The Bertz CT molecular complexity index is 383. The van der Waals surface area contributed by atoms with Gasteiger partial charge in [-0.05, 0) is 32.3 Å². The second-order valence-electron chi connectivity index (χ2n) is 4.83. The Morgan fingerprint density at radius 1 is 1.12 bits per heavy atom. The number of ketones is 1. The molecule has 0 aromatic heterocycles. The molecule has 2 nitrogen and oxygen atoms in total. The van der Waals surface area contributed by atoms with E-state index in [1.165, 1.54) is 0 Å². The van der Waals surface area contributed by atoms with Crippen LogP contribution in [0, 0.1) is 13.8 Å². The quantitative estimate of drug-likeness (QED) is 0.850. The van der Waals surface area contributed by atoms with Crippen LogP contribution < -0.4 is 0 Å². The highest BCUT2D eigenvalue weighted by Gasteiger charge is 2.31. The van der Waals surface area contributed by atoms with Crippen LogP contribution in [0.3, 0.4) is 0 Å². The summed E-state index contributed by atoms with van der Waals surface area (Å²) in [6.45, 7) is 7.74. The van der Waals surface area contributed by atoms with E-state index in [1.54, 1.807) is 0 Å². The molecule has 1 aromatic rings. The predicted molar refractivity (Wildman–Crippen MR) is 70.2 cm³/mol. The minimum atomic E-state index is -1.16. The first kappa shape index (κ1) is 13.9. The minimum Gasteiger partial charge on any atom is -0.382 e. The lowest BCUT2D eigenvalue weighted by molar-refractivity contribution is -0.137. The van der Waals surface area contributed by atoms with Gasteiger partial charge in [0, 0.05) is 6.42 Å². The van der Waals surface area contributed by atoms with Crippen molar-refractivity contribution in [1.82, 2.24) is 0 Å². The van der Waals surface area contributed by atoms with Crippen molar-refractivity contribution < 1.29 is 9.90 Å². The molecule has 0 saturated carbocycles. The van der Waals surface area contributed by atoms with Crippen molar-refractivity contribution in [3.8, 4) is 0 Å². The first-order valence-corrected chi connectivity index (χ1v) is 6.24. The van der Waals surface area contributed by atoms with E-state index in [2.05, 4.69) is 6.07 Å². The Balaban J connectivity index is 2.87. The second kappa shape index (κ2) is 5.46. The summed E-state index contributed by atoms with van der Waals surface area (Å²) >= 11 is 0. The molecule has 0 radical (unpaired) electrons. The topological polar surface area (TPSA) is 37.3 Å². The first-order valence-electron chi connectivity index (χ1n) is 6.24. The van der Waals surface area contributed by atoms with Gasteiger partial charge in [0.2, 0.25) is 0 Å². The molecule has 1 aromatic carbocycles. The number of benzene rings is 1. The van der Waals surface area contributed by atoms with Crippen LogP contribution >= 0.6 is 0 Å². The maximum absolute atomic E-state index is 12.1. The fraction of sp³-hybridized carbons (Fsp3) is 0.533. The number of carbonyl (C=O) groups is 1. The van der Waals surface area contributed by atoms with Gasteiger partial charge in [0.15, 0.2) is 5.78 Å². The van der Waals surface area contributed by atoms with Gasteiger partial charge in [0.25, 0.3) is 0 Å². The van der Waals surface area contributed by atoms with Crippen LogP contribution in [0.1, 0.15) is 43.4 Å². The summed E-state index contributed by atoms with van der Waals surface area (Å²) < 4.78 is 0. The van der Waals surface area contributed by atoms with Crippen molar-refractivity contribution in [2.75, 3.05) is 0 Å². The average molecular weight is 234 g/mol. The molecule has 1 rings (SSSR count). The minimum absolute atomic E-state index is 0.0764. The number of hydrogen-bond acceptors (Lipinski definition) is 2. The van der Waals surface area contributed by atoms with Gasteiger partial charge in [-0.15, -0.1) is 0 Å². The fourth-order valence-corrected chi connectivity index (χ4v) is 2.17. The normalized spacial score (nSPS) is 11.6. The van der Waals surface area contributed by atoms with E-state index in [-0.39, 0.29) is 5.78 Å². The summed E-state index contributed by atoms with van der Waals surface area (Å²) in [6, 6.07) is 6.10. The third-order valence-corrected chi connectivity index (χ3v) is 3.33. The zero-order valence-corrected chi connectivity index (χ0v) is 11.2. The second-order valence-corrected chi connectivity index (χ2v) is 4.83. The molecule has 0 aliphatic heterocycles. The van der Waals surface area contributed by atoms with Crippen LogP contribution in [0.25, 0.3) is 0 Å². The highest BCUT2D eigenvalue weighted by Crippen LogP contribution is 2.19. The summed E-state index contributed by atoms with van der Waals surface area (Å²) in [5.41, 5.74) is 2.15. The monoisotopic (exact) mass is 234 g/mol. The lowest BCUT2D eigenvalue weighted by Crippen LogP contribution is -2.38. The van der Waals surface area contributed by atoms with E-state index in [0.717, 1.165) is 16.7 Å². The highest BCUT2D eigenvalue weighted by atomic mass is 16.3. The Kier molecular flexibility index (Phi) is 4.47. The average Bonchev–Trinajstić information content (AvgIpc) is 2.26. The Morgan fingerprint density at radius 3 is 2.00 bits per heavy atom. The Hall–Kier alpha value is -1.15. The third kappa shape index (κ3) is 3.40. The Morgan fingerprint density at radius 2 is 1.59 bits per heavy atom. The molecular formula is C15H22O2. The van der Waals surface area contributed by atoms with Crippen LogP contribution in [-0.4, -0.2) is 16.5 Å². The van der Waals surface area contributed by atoms with Crippen LogP contribution in [0.2, 0.25) is 0 Å². The summed E-state index contributed by atoms with van der Waals surface area (Å²) in [5.74, 6) is -0.0764. The van der Waals surface area contributed by atoms with Gasteiger partial charge in [0.1, 0.15) is 5.60 Å². The number of Topliss-reactive ketones (excluding diaryl/α,β-unsaturated/α-hetero) is 1. The molecule has 2 heteroatoms. The van der Waals surface area contributed by atoms with E-state index >= 15 is 0 Å². The van der Waals surface area contributed by atoms with Gasteiger partial charge in [-0.1, -0.05) is 43.2 Å². The fourth-order valence-electron chi connectivity index (χ4n) is 2.17. The molecule has 0 atom stereocenters. The smallest absolute Gasteiger partial charge is 0.168 e. The van der Waals surface area contributed by atoms with Crippen molar-refractivity contribution in [3.63, 3.8) is 0 Å². The summed E-state index contributed by atoms with van der Waals surface area (Å²) in [5, 5.41) is 10.1. The molecule has 0 heterocycles. The molecular weight excluding hydrogens is 212 g/mol. The molecule has 0 amide bonds. The highest BCUT2D eigenvalue weighted by molar-refractivity contribution is 5.88. The van der Waals surface area contributed by atoms with E-state index in [9.17, 15) is 9.90 Å². The van der Waals surface area contributed by atoms with Crippen LogP contribution in [-0.2, 0) is 11.2 Å². The van der Waals surface area contributed by atoms with E-state index in [4.69, 9.17) is 0 Å². The Labute approximate surface area is 104 Å². The molecule has 0 aliphatic rings. The van der Waals surface area contributed by atoms with Gasteiger partial charge in [0.05, 0.1) is 0 Å². The first-order chi connectivity index (χ1) is 7.91. The van der Waals surface area contributed by atoms with E-state index < -0.39 is 5.60 Å². The molecule has 0 spiro atoms. The molecule has 0 aliphatic carbocycles. The predicted octanol–water partition coefficient (Wildman–Crippen LogP) is 2.97. The molecule has 0 unspecified atom stereocenters. The van der Waals surface area contributed by atoms with Crippen molar-refractivity contribution in [3.05, 3.63) is 34.9 Å². The number of rotatable bonds is 5. The summed E-state index contributed by atoms with van der Waals surface area (Å²) in [7, 11) is 0. The molecule has 1 N–H and O–H groups in total. The van der Waals surface area contributed by atoms with Gasteiger partial charge >= 0.3 is 0 Å². The lowest BCUT2D eigenvalue weighted by atomic mass is 9.88. The summed E-state index contributed by atoms with van der Waals surface area (Å²) in [6.07, 6.45) is 1.28. The van der Waals surface area contributed by atoms with Crippen LogP contribution in [0.4, 0.5) is 0 Å². The lowest BCUT2D eigenvalue weighted by Gasteiger charge is -2.23. The molecule has 17 heavy (non-hydrogen) atoms. The SMILES string of the molecule is CCC(O)(CC)C(=O)Cc1cc(C)cc(C)c1. The van der Waals surface area contributed by atoms with Gasteiger partial charge in [-0.2, -0.15) is 0 Å². The van der Waals surface area contributed by atoms with Gasteiger partial charge in [-0.25, -0.2) is 0 Å². The van der Waals surface area contributed by atoms with Crippen molar-refractivity contribution in [2.24, 2.45) is 0 Å². The number of hydrogen-bond donors (Lipinski definition) is 1. The summed E-state index contributed by atoms with van der Waals surface area (Å²) in [4.78, 5) is 12.1. The number of carbonyl (C=O) groups excluding carboxylic acids is 1. The number of aryl methyl sites for hydroxylation is 2. The molecule has 0 saturated heterocycles. The zero-order chi connectivity index (χ0) is 13.1. The van der Waals surface area contributed by atoms with Crippen molar-refractivity contribution in [2.45, 2.75) is 52.6 Å². The zero-order valence-electron chi connectivity index (χ0n) is 11.2. The maximum atomic E-state index is 12.1. The standard InChI is InChI=1S/C15H22O2/c1-5-15(17,6-2)14(16)10-13-8-11(3)7-12(4)9-13/h7-9,17H,5-6,10H2,1-4H3. The van der Waals surface area contributed by atoms with Gasteiger partial charge in [-0.3, -0.25) is 4.79 Å². The van der Waals surface area contributed by atoms with Crippen molar-refractivity contribution in [1.29, 1.82) is 0 Å². The molecule has 0 bridgehead atoms. The molecule has 0 fully saturated rings. The third-order valence-electron chi connectivity index (χ3n) is 3.33. The van der Waals surface area contributed by atoms with Crippen LogP contribution in [0.15, 0.2) is 18.2 Å². The van der Waals surface area contributed by atoms with E-state index in [0.29, 0.717) is 19.3 Å².